The molecule has 0 N–H and O–H groups in total. The van der Waals surface area contributed by atoms with Crippen LogP contribution in [0.4, 0.5) is 0 Å². The Morgan fingerprint density at radius 2 is 1.77 bits per heavy atom. The minimum atomic E-state index is -0.572. The Hall–Kier alpha value is -2.89. The Bertz CT molecular complexity index is 1160. The summed E-state index contributed by atoms with van der Waals surface area (Å²) in [5.41, 5.74) is 0.309. The average Bonchev–Trinajstić information content (AvgIpc) is 2.64. The van der Waals surface area contributed by atoms with Crippen LogP contribution in [0.25, 0.3) is 22.4 Å². The minimum Gasteiger partial charge on any atom is -0.438 e. The lowest BCUT2D eigenvalue weighted by molar-refractivity contribution is 0.457. The van der Waals surface area contributed by atoms with Gasteiger partial charge < -0.3 is 9.15 Å². The Morgan fingerprint density at radius 3 is 2.58 bits per heavy atom. The van der Waals surface area contributed by atoms with Crippen molar-refractivity contribution < 1.29 is 9.15 Å². The lowest BCUT2D eigenvalue weighted by atomic mass is 10.2. The van der Waals surface area contributed by atoms with E-state index in [0.29, 0.717) is 26.9 Å². The van der Waals surface area contributed by atoms with Gasteiger partial charge in [0.05, 0.1) is 16.1 Å². The summed E-state index contributed by atoms with van der Waals surface area (Å²) >= 11 is 11.9. The zero-order valence-corrected chi connectivity index (χ0v) is 14.7. The molecule has 2 aromatic heterocycles. The molecule has 0 aliphatic heterocycles. The highest BCUT2D eigenvalue weighted by atomic mass is 35.5. The second-order valence-electron chi connectivity index (χ2n) is 5.35. The molecule has 4 rings (SSSR count). The van der Waals surface area contributed by atoms with Gasteiger partial charge in [0.1, 0.15) is 11.1 Å². The second-order valence-corrected chi connectivity index (χ2v) is 6.20. The Kier molecular flexibility index (Phi) is 4.32. The maximum absolute atomic E-state index is 12.3. The predicted octanol–water partition coefficient (Wildman–Crippen LogP) is 5.35. The van der Waals surface area contributed by atoms with Crippen molar-refractivity contribution in [1.29, 1.82) is 0 Å². The van der Waals surface area contributed by atoms with Gasteiger partial charge in [0.15, 0.2) is 0 Å². The molecule has 128 valence electrons. The third-order valence-corrected chi connectivity index (χ3v) is 4.20. The first-order valence-corrected chi connectivity index (χ1v) is 8.35. The largest absolute Gasteiger partial charge is 0.438 e. The van der Waals surface area contributed by atoms with E-state index in [1.807, 2.05) is 0 Å². The van der Waals surface area contributed by atoms with Gasteiger partial charge in [-0.05, 0) is 48.5 Å². The van der Waals surface area contributed by atoms with E-state index >= 15 is 0 Å². The molecule has 4 aromatic rings. The molecule has 0 amide bonds. The fourth-order valence-electron chi connectivity index (χ4n) is 2.44. The van der Waals surface area contributed by atoms with Crippen molar-refractivity contribution in [3.05, 3.63) is 81.3 Å². The van der Waals surface area contributed by atoms with Gasteiger partial charge in [-0.25, -0.2) is 14.8 Å². The van der Waals surface area contributed by atoms with Crippen LogP contribution in [0, 0.1) is 0 Å². The molecule has 2 heterocycles. The summed E-state index contributed by atoms with van der Waals surface area (Å²) in [6.45, 7) is 0. The van der Waals surface area contributed by atoms with Gasteiger partial charge in [0, 0.05) is 11.2 Å². The van der Waals surface area contributed by atoms with Crippen molar-refractivity contribution in [2.45, 2.75) is 0 Å². The molecule has 0 saturated carbocycles. The van der Waals surface area contributed by atoms with Gasteiger partial charge >= 0.3 is 5.63 Å². The molecule has 0 bridgehead atoms. The first kappa shape index (κ1) is 16.6. The maximum Gasteiger partial charge on any atom is 0.348 e. The third kappa shape index (κ3) is 3.14. The highest BCUT2D eigenvalue weighted by molar-refractivity contribution is 6.35. The molecule has 0 fully saturated rings. The molecule has 0 radical (unpaired) electrons. The van der Waals surface area contributed by atoms with Gasteiger partial charge in [0.2, 0.25) is 11.8 Å². The number of hydrogen-bond donors (Lipinski definition) is 0. The van der Waals surface area contributed by atoms with E-state index in [2.05, 4.69) is 9.97 Å². The molecule has 7 heteroatoms. The van der Waals surface area contributed by atoms with Gasteiger partial charge in [-0.2, -0.15) is 0 Å². The molecule has 0 saturated heterocycles. The SMILES string of the molecule is O=c1oc(-c2cccnc2Oc2ccc(Cl)cc2)nc2cccc(Cl)c12. The molecular weight excluding hydrogens is 375 g/mol. The number of hydrogen-bond acceptors (Lipinski definition) is 5. The van der Waals surface area contributed by atoms with Crippen molar-refractivity contribution in [2.24, 2.45) is 0 Å². The lowest BCUT2D eigenvalue weighted by Gasteiger charge is -2.09. The summed E-state index contributed by atoms with van der Waals surface area (Å²) < 4.78 is 11.2. The van der Waals surface area contributed by atoms with Crippen molar-refractivity contribution in [3.63, 3.8) is 0 Å². The number of benzene rings is 2. The van der Waals surface area contributed by atoms with E-state index in [0.717, 1.165) is 0 Å². The summed E-state index contributed by atoms with van der Waals surface area (Å²) in [6, 6.07) is 15.3. The standard InChI is InChI=1S/C19H10Cl2N2O3/c20-11-6-8-12(9-7-11)25-17-13(3-2-10-22-17)18-23-15-5-1-4-14(21)16(15)19(24)26-18/h1-10H. The van der Waals surface area contributed by atoms with E-state index in [1.54, 1.807) is 60.8 Å². The molecule has 0 atom stereocenters. The van der Waals surface area contributed by atoms with E-state index < -0.39 is 5.63 Å². The van der Waals surface area contributed by atoms with E-state index in [9.17, 15) is 4.79 Å². The summed E-state index contributed by atoms with van der Waals surface area (Å²) in [5, 5.41) is 1.12. The molecule has 0 aliphatic carbocycles. The molecular formula is C19H10Cl2N2O3. The zero-order chi connectivity index (χ0) is 18.1. The maximum atomic E-state index is 12.3. The number of halogens is 2. The van der Waals surface area contributed by atoms with Crippen molar-refractivity contribution in [1.82, 2.24) is 9.97 Å². The quantitative estimate of drug-likeness (QED) is 0.476. The van der Waals surface area contributed by atoms with Gasteiger partial charge in [-0.3, -0.25) is 0 Å². The van der Waals surface area contributed by atoms with Gasteiger partial charge in [-0.1, -0.05) is 29.3 Å². The fourth-order valence-corrected chi connectivity index (χ4v) is 2.82. The smallest absolute Gasteiger partial charge is 0.348 e. The summed E-state index contributed by atoms with van der Waals surface area (Å²) in [7, 11) is 0. The molecule has 0 unspecified atom stereocenters. The van der Waals surface area contributed by atoms with Crippen LogP contribution >= 0.6 is 23.2 Å². The van der Waals surface area contributed by atoms with Crippen molar-refractivity contribution in [3.8, 4) is 23.1 Å². The highest BCUT2D eigenvalue weighted by Gasteiger charge is 2.16. The zero-order valence-electron chi connectivity index (χ0n) is 13.1. The number of fused-ring (bicyclic) bond motifs is 1. The number of rotatable bonds is 3. The predicted molar refractivity (Wildman–Crippen MR) is 100 cm³/mol. The monoisotopic (exact) mass is 384 g/mol. The number of aromatic nitrogens is 2. The topological polar surface area (TPSA) is 65.2 Å². The van der Waals surface area contributed by atoms with Crippen LogP contribution < -0.4 is 10.4 Å². The number of ether oxygens (including phenoxy) is 1. The average molecular weight is 385 g/mol. The molecule has 0 spiro atoms. The number of nitrogens with zero attached hydrogens (tertiary/aromatic N) is 2. The van der Waals surface area contributed by atoms with E-state index in [1.165, 1.54) is 0 Å². The second kappa shape index (κ2) is 6.78. The summed E-state index contributed by atoms with van der Waals surface area (Å²) in [4.78, 5) is 20.9. The van der Waals surface area contributed by atoms with E-state index in [-0.39, 0.29) is 17.2 Å². The molecule has 2 aromatic carbocycles. The van der Waals surface area contributed by atoms with Crippen molar-refractivity contribution in [2.75, 3.05) is 0 Å². The van der Waals surface area contributed by atoms with Crippen LogP contribution in [0.15, 0.2) is 70.0 Å². The Labute approximate surface area is 157 Å². The van der Waals surface area contributed by atoms with Crippen LogP contribution in [-0.2, 0) is 0 Å². The number of pyridine rings is 1. The van der Waals surface area contributed by atoms with Gasteiger partial charge in [0.25, 0.3) is 0 Å². The van der Waals surface area contributed by atoms with E-state index in [4.69, 9.17) is 32.4 Å². The normalized spacial score (nSPS) is 10.8. The Balaban J connectivity index is 1.83. The minimum absolute atomic E-state index is 0.0989. The van der Waals surface area contributed by atoms with Crippen molar-refractivity contribution >= 4 is 34.1 Å². The summed E-state index contributed by atoms with van der Waals surface area (Å²) in [6.07, 6.45) is 1.57. The fraction of sp³-hybridized carbons (Fsp3) is 0. The lowest BCUT2D eigenvalue weighted by Crippen LogP contribution is -2.04. The van der Waals surface area contributed by atoms with Crippen LogP contribution in [0.2, 0.25) is 10.0 Å². The summed E-state index contributed by atoms with van der Waals surface area (Å²) in [5.74, 6) is 0.897. The highest BCUT2D eigenvalue weighted by Crippen LogP contribution is 2.31. The van der Waals surface area contributed by atoms with Crippen LogP contribution in [0.5, 0.6) is 11.6 Å². The van der Waals surface area contributed by atoms with Crippen LogP contribution in [-0.4, -0.2) is 9.97 Å². The third-order valence-electron chi connectivity index (χ3n) is 3.64. The molecule has 26 heavy (non-hydrogen) atoms. The molecule has 5 nitrogen and oxygen atoms in total. The first-order valence-electron chi connectivity index (χ1n) is 7.60. The molecule has 0 aliphatic rings. The van der Waals surface area contributed by atoms with Crippen LogP contribution in [0.1, 0.15) is 0 Å². The van der Waals surface area contributed by atoms with Crippen LogP contribution in [0.3, 0.4) is 0 Å². The Morgan fingerprint density at radius 1 is 0.962 bits per heavy atom. The first-order chi connectivity index (χ1) is 12.6. The van der Waals surface area contributed by atoms with Gasteiger partial charge in [-0.15, -0.1) is 0 Å².